The number of H-pyrrole nitrogens is 1. The number of aromatic amines is 1. The zero-order chi connectivity index (χ0) is 8.65. The summed E-state index contributed by atoms with van der Waals surface area (Å²) in [6.07, 6.45) is 3.62. The first kappa shape index (κ1) is 10.7. The Bertz CT molecular complexity index is 210. The molecule has 0 spiro atoms. The lowest BCUT2D eigenvalue weighted by Gasteiger charge is -2.02. The van der Waals surface area contributed by atoms with E-state index in [0.29, 0.717) is 8.51 Å². The normalized spacial score (nSPS) is 12.1. The number of alkyl halides is 1. The molecule has 1 N–H and O–H groups in total. The number of hydrogen-bond acceptors (Lipinski definition) is 1. The average Bonchev–Trinajstić information content (AvgIpc) is 2.14. The molecule has 0 aliphatic rings. The topological polar surface area (TPSA) is 33.6 Å². The number of halogens is 1. The maximum absolute atomic E-state index is 5.58. The molecule has 2 unspecified atom stereocenters. The standard InChI is InChI=1S/C5H13ClN3P3/c6-4-2-1-3-5-9-11-7-10-8-12-9/h7,10-11H,1-5H2. The SMILES string of the molecule is ClCCCCCn1pn[pH][nH][pH]1. The molecule has 0 radical (unpaired) electrons. The van der Waals surface area contributed by atoms with Crippen LogP contribution >= 0.6 is 37.1 Å². The molecule has 0 amide bonds. The van der Waals surface area contributed by atoms with Gasteiger partial charge in [-0.2, -0.15) is 4.51 Å². The van der Waals surface area contributed by atoms with Crippen LogP contribution in [0.15, 0.2) is 0 Å². The lowest BCUT2D eigenvalue weighted by molar-refractivity contribution is 0.656. The fraction of sp³-hybridized carbons (Fsp3) is 1.00. The van der Waals surface area contributed by atoms with Crippen molar-refractivity contribution >= 4 is 37.1 Å². The third-order valence-electron chi connectivity index (χ3n) is 1.45. The van der Waals surface area contributed by atoms with Crippen LogP contribution in [0.3, 0.4) is 0 Å². The first-order valence-electron chi connectivity index (χ1n) is 3.93. The number of rotatable bonds is 5. The van der Waals surface area contributed by atoms with Crippen molar-refractivity contribution in [3.8, 4) is 0 Å². The van der Waals surface area contributed by atoms with E-state index >= 15 is 0 Å². The third kappa shape index (κ3) is 4.58. The highest BCUT2D eigenvalue weighted by atomic mass is 35.5. The van der Waals surface area contributed by atoms with Crippen LogP contribution in [-0.4, -0.2) is 19.0 Å². The predicted molar refractivity (Wildman–Crippen MR) is 60.3 cm³/mol. The second-order valence-corrected chi connectivity index (χ2v) is 6.61. The van der Waals surface area contributed by atoms with Gasteiger partial charge in [0.15, 0.2) is 0 Å². The maximum atomic E-state index is 5.58. The summed E-state index contributed by atoms with van der Waals surface area (Å²) in [5.41, 5.74) is 0. The fourth-order valence-corrected chi connectivity index (χ4v) is 4.54. The second-order valence-electron chi connectivity index (χ2n) is 2.41. The Morgan fingerprint density at radius 3 is 3.00 bits per heavy atom. The minimum Gasteiger partial charge on any atom is -0.313 e. The maximum Gasteiger partial charge on any atom is 0.141 e. The van der Waals surface area contributed by atoms with Gasteiger partial charge in [0.2, 0.25) is 0 Å². The quantitative estimate of drug-likeness (QED) is 0.624. The summed E-state index contributed by atoms with van der Waals surface area (Å²) in [6.45, 7) is 1.15. The van der Waals surface area contributed by atoms with Crippen molar-refractivity contribution < 1.29 is 0 Å². The smallest absolute Gasteiger partial charge is 0.141 e. The third-order valence-corrected chi connectivity index (χ3v) is 4.83. The number of aryl methyl sites for hydroxylation is 1. The lowest BCUT2D eigenvalue weighted by atomic mass is 10.2. The average molecular weight is 244 g/mol. The summed E-state index contributed by atoms with van der Waals surface area (Å²) in [5, 5.41) is 0. The van der Waals surface area contributed by atoms with Gasteiger partial charge in [-0.3, -0.25) is 4.09 Å². The van der Waals surface area contributed by atoms with Crippen molar-refractivity contribution in [3.63, 3.8) is 0 Å². The zero-order valence-corrected chi connectivity index (χ0v) is 10.4. The van der Waals surface area contributed by atoms with Crippen LogP contribution in [0, 0.1) is 0 Å². The van der Waals surface area contributed by atoms with Crippen molar-refractivity contribution in [2.24, 2.45) is 0 Å². The lowest BCUT2D eigenvalue weighted by Crippen LogP contribution is -1.90. The van der Waals surface area contributed by atoms with Gasteiger partial charge in [-0.25, -0.2) is 0 Å². The van der Waals surface area contributed by atoms with E-state index in [9.17, 15) is 0 Å². The van der Waals surface area contributed by atoms with Gasteiger partial charge in [-0.1, -0.05) is 6.42 Å². The van der Waals surface area contributed by atoms with Gasteiger partial charge in [0.1, 0.15) is 8.51 Å². The molecule has 1 heterocycles. The highest BCUT2D eigenvalue weighted by Crippen LogP contribution is 2.13. The van der Waals surface area contributed by atoms with Crippen molar-refractivity contribution in [1.82, 2.24) is 13.1 Å². The molecule has 0 aliphatic heterocycles. The van der Waals surface area contributed by atoms with E-state index in [1.165, 1.54) is 12.8 Å². The van der Waals surface area contributed by atoms with Gasteiger partial charge in [-0.15, -0.1) is 11.6 Å². The second kappa shape index (κ2) is 7.04. The summed E-state index contributed by atoms with van der Waals surface area (Å²) in [7, 11) is 2.52. The Hall–Kier alpha value is 0.590. The first-order chi connectivity index (χ1) is 5.93. The Labute approximate surface area is 82.3 Å². The molecular weight excluding hydrogens is 230 g/mol. The summed E-state index contributed by atoms with van der Waals surface area (Å²) in [6, 6.07) is 0. The van der Waals surface area contributed by atoms with Crippen LogP contribution < -0.4 is 0 Å². The largest absolute Gasteiger partial charge is 0.313 e. The molecule has 7 heteroatoms. The van der Waals surface area contributed by atoms with Gasteiger partial charge in [0, 0.05) is 29.4 Å². The molecule has 1 aromatic heterocycles. The summed E-state index contributed by atoms with van der Waals surface area (Å²) >= 11 is 5.58. The molecule has 2 atom stereocenters. The Morgan fingerprint density at radius 1 is 1.42 bits per heavy atom. The van der Waals surface area contributed by atoms with E-state index in [1.807, 2.05) is 0 Å². The summed E-state index contributed by atoms with van der Waals surface area (Å²) in [5.74, 6) is 0.796. The minimum atomic E-state index is 0.605. The van der Waals surface area contributed by atoms with E-state index in [1.54, 1.807) is 0 Å². The van der Waals surface area contributed by atoms with Gasteiger partial charge in [0.25, 0.3) is 0 Å². The fourth-order valence-electron chi connectivity index (χ4n) is 0.847. The van der Waals surface area contributed by atoms with E-state index in [0.717, 1.165) is 35.9 Å². The predicted octanol–water partition coefficient (Wildman–Crippen LogP) is 3.39. The number of hydrogen-bond donors (Lipinski definition) is 1. The molecule has 0 saturated heterocycles. The molecule has 0 aliphatic carbocycles. The van der Waals surface area contributed by atoms with Crippen molar-refractivity contribution in [3.05, 3.63) is 0 Å². The molecule has 0 fully saturated rings. The van der Waals surface area contributed by atoms with Crippen LogP contribution in [0.25, 0.3) is 0 Å². The van der Waals surface area contributed by atoms with Gasteiger partial charge in [0.05, 0.1) is 0 Å². The molecule has 1 rings (SSSR count). The summed E-state index contributed by atoms with van der Waals surface area (Å²) in [4.78, 5) is 0. The van der Waals surface area contributed by atoms with Crippen LogP contribution in [0.4, 0.5) is 0 Å². The molecule has 0 bridgehead atoms. The first-order valence-corrected chi connectivity index (χ1v) is 7.16. The number of nitrogens with one attached hydrogen (secondary N) is 1. The van der Waals surface area contributed by atoms with E-state index in [4.69, 9.17) is 11.6 Å². The van der Waals surface area contributed by atoms with Gasteiger partial charge < -0.3 is 4.51 Å². The van der Waals surface area contributed by atoms with Crippen LogP contribution in [0.2, 0.25) is 0 Å². The Morgan fingerprint density at radius 2 is 2.33 bits per heavy atom. The highest BCUT2D eigenvalue weighted by molar-refractivity contribution is 7.44. The number of unbranched alkanes of at least 4 members (excludes halogenated alkanes) is 2. The van der Waals surface area contributed by atoms with Gasteiger partial charge >= 0.3 is 0 Å². The minimum absolute atomic E-state index is 0.605. The van der Waals surface area contributed by atoms with Crippen LogP contribution in [0.1, 0.15) is 19.3 Å². The number of aromatic nitrogens is 3. The molecule has 70 valence electrons. The highest BCUT2D eigenvalue weighted by Gasteiger charge is 1.89. The Balaban J connectivity index is 2.16. The molecule has 12 heavy (non-hydrogen) atoms. The zero-order valence-electron chi connectivity index (χ0n) is 6.76. The Kier molecular flexibility index (Phi) is 6.26. The van der Waals surface area contributed by atoms with Gasteiger partial charge in [-0.05, 0) is 12.8 Å². The molecule has 3 nitrogen and oxygen atoms in total. The van der Waals surface area contributed by atoms with E-state index in [-0.39, 0.29) is 0 Å². The number of nitrogens with zero attached hydrogens (tertiary/aromatic N) is 2. The van der Waals surface area contributed by atoms with E-state index < -0.39 is 0 Å². The monoisotopic (exact) mass is 243 g/mol. The summed E-state index contributed by atoms with van der Waals surface area (Å²) < 4.78 is 9.83. The van der Waals surface area contributed by atoms with Crippen LogP contribution in [-0.2, 0) is 6.54 Å². The molecular formula is C5H13ClN3P3. The van der Waals surface area contributed by atoms with E-state index in [2.05, 4.69) is 13.1 Å². The molecule has 0 saturated carbocycles. The van der Waals surface area contributed by atoms with Crippen molar-refractivity contribution in [2.45, 2.75) is 25.8 Å². The van der Waals surface area contributed by atoms with Crippen molar-refractivity contribution in [2.75, 3.05) is 5.88 Å². The molecule has 0 aromatic carbocycles. The van der Waals surface area contributed by atoms with Crippen molar-refractivity contribution in [1.29, 1.82) is 0 Å². The van der Waals surface area contributed by atoms with Crippen LogP contribution in [0.5, 0.6) is 0 Å². The molecule has 1 aromatic rings.